The highest BCUT2D eigenvalue weighted by atomic mass is 79.9. The molecular weight excluding hydrogens is 214 g/mol. The molecule has 0 bridgehead atoms. The Morgan fingerprint density at radius 3 is 2.58 bits per heavy atom. The number of alkyl halides is 1. The lowest BCUT2D eigenvalue weighted by atomic mass is 10.0. The first-order valence-corrected chi connectivity index (χ1v) is 4.87. The number of nitrogens with zero attached hydrogens (tertiary/aromatic N) is 1. The van der Waals surface area contributed by atoms with Crippen LogP contribution in [0.2, 0.25) is 0 Å². The van der Waals surface area contributed by atoms with Crippen LogP contribution in [0.5, 0.6) is 0 Å². The van der Waals surface area contributed by atoms with E-state index in [-0.39, 0.29) is 0 Å². The largest absolute Gasteiger partial charge is 0.192 e. The molecule has 0 saturated carbocycles. The third kappa shape index (κ3) is 1.67. The van der Waals surface area contributed by atoms with Gasteiger partial charge in [0, 0.05) is 5.33 Å². The number of halogens is 1. The molecule has 0 aromatic heterocycles. The van der Waals surface area contributed by atoms with Crippen molar-refractivity contribution in [1.82, 2.24) is 0 Å². The summed E-state index contributed by atoms with van der Waals surface area (Å²) in [7, 11) is 0. The average molecular weight is 224 g/mol. The molecule has 0 unspecified atom stereocenters. The van der Waals surface area contributed by atoms with Gasteiger partial charge in [-0.15, -0.1) is 0 Å². The Morgan fingerprint density at radius 1 is 1.42 bits per heavy atom. The van der Waals surface area contributed by atoms with Crippen molar-refractivity contribution in [2.75, 3.05) is 0 Å². The monoisotopic (exact) mass is 223 g/mol. The van der Waals surface area contributed by atoms with E-state index in [0.29, 0.717) is 0 Å². The molecule has 0 fully saturated rings. The molecule has 0 aliphatic rings. The lowest BCUT2D eigenvalue weighted by molar-refractivity contribution is 1.26. The maximum absolute atomic E-state index is 8.80. The first kappa shape index (κ1) is 9.28. The van der Waals surface area contributed by atoms with Gasteiger partial charge in [0.15, 0.2) is 0 Å². The number of hydrogen-bond acceptors (Lipinski definition) is 1. The van der Waals surface area contributed by atoms with Gasteiger partial charge in [0.2, 0.25) is 0 Å². The second kappa shape index (κ2) is 3.73. The summed E-state index contributed by atoms with van der Waals surface area (Å²) in [5.74, 6) is 0. The van der Waals surface area contributed by atoms with Gasteiger partial charge in [-0.3, -0.25) is 0 Å². The van der Waals surface area contributed by atoms with E-state index < -0.39 is 0 Å². The second-order valence-corrected chi connectivity index (χ2v) is 3.40. The van der Waals surface area contributed by atoms with Gasteiger partial charge in [0.25, 0.3) is 0 Å². The van der Waals surface area contributed by atoms with E-state index in [9.17, 15) is 0 Å². The fourth-order valence-electron chi connectivity index (χ4n) is 1.19. The average Bonchev–Trinajstić information content (AvgIpc) is 2.08. The molecule has 0 radical (unpaired) electrons. The lowest BCUT2D eigenvalue weighted by Gasteiger charge is -2.05. The van der Waals surface area contributed by atoms with Crippen molar-refractivity contribution in [3.8, 4) is 6.07 Å². The van der Waals surface area contributed by atoms with Gasteiger partial charge in [0.1, 0.15) is 0 Å². The summed E-state index contributed by atoms with van der Waals surface area (Å²) in [5, 5.41) is 9.61. The molecule has 0 aliphatic carbocycles. The van der Waals surface area contributed by atoms with Gasteiger partial charge in [-0.1, -0.05) is 22.0 Å². The number of benzene rings is 1. The Morgan fingerprint density at radius 2 is 2.08 bits per heavy atom. The molecule has 2 heteroatoms. The van der Waals surface area contributed by atoms with Crippen molar-refractivity contribution in [1.29, 1.82) is 5.26 Å². The summed E-state index contributed by atoms with van der Waals surface area (Å²) in [6, 6.07) is 6.21. The molecule has 1 nitrogen and oxygen atoms in total. The van der Waals surface area contributed by atoms with Crippen LogP contribution in [0.4, 0.5) is 0 Å². The van der Waals surface area contributed by atoms with E-state index in [4.69, 9.17) is 5.26 Å². The molecule has 12 heavy (non-hydrogen) atoms. The Kier molecular flexibility index (Phi) is 2.88. The van der Waals surface area contributed by atoms with Crippen LogP contribution in [0.15, 0.2) is 12.1 Å². The highest BCUT2D eigenvalue weighted by Crippen LogP contribution is 2.18. The molecule has 0 amide bonds. The van der Waals surface area contributed by atoms with E-state index in [1.165, 1.54) is 5.56 Å². The van der Waals surface area contributed by atoms with E-state index in [1.807, 2.05) is 19.9 Å². The van der Waals surface area contributed by atoms with Crippen LogP contribution in [-0.4, -0.2) is 0 Å². The summed E-state index contributed by atoms with van der Waals surface area (Å²) < 4.78 is 0. The molecule has 0 heterocycles. The van der Waals surface area contributed by atoms with E-state index >= 15 is 0 Å². The zero-order valence-corrected chi connectivity index (χ0v) is 8.77. The van der Waals surface area contributed by atoms with Crippen LogP contribution in [0.25, 0.3) is 0 Å². The van der Waals surface area contributed by atoms with Crippen LogP contribution in [0.3, 0.4) is 0 Å². The molecule has 1 aromatic rings. The number of nitriles is 1. The molecule has 1 aromatic carbocycles. The standard InChI is InChI=1S/C10H10BrN/c1-7-3-9(5-11)8(2)10(4-7)6-12/h3-4H,5H2,1-2H3. The summed E-state index contributed by atoms with van der Waals surface area (Å²) in [6.45, 7) is 3.99. The van der Waals surface area contributed by atoms with E-state index in [1.54, 1.807) is 0 Å². The first-order valence-electron chi connectivity index (χ1n) is 3.75. The van der Waals surface area contributed by atoms with Gasteiger partial charge in [-0.25, -0.2) is 0 Å². The number of hydrogen-bond donors (Lipinski definition) is 0. The smallest absolute Gasteiger partial charge is 0.0994 e. The Hall–Kier alpha value is -0.810. The summed E-state index contributed by atoms with van der Waals surface area (Å²) in [6.07, 6.45) is 0. The Labute approximate surface area is 81.2 Å². The summed E-state index contributed by atoms with van der Waals surface area (Å²) >= 11 is 3.40. The molecule has 0 N–H and O–H groups in total. The normalized spacial score (nSPS) is 9.50. The molecule has 0 aliphatic heterocycles. The highest BCUT2D eigenvalue weighted by molar-refractivity contribution is 9.08. The van der Waals surface area contributed by atoms with Crippen molar-refractivity contribution >= 4 is 15.9 Å². The van der Waals surface area contributed by atoms with Crippen molar-refractivity contribution < 1.29 is 0 Å². The van der Waals surface area contributed by atoms with Crippen LogP contribution in [-0.2, 0) is 5.33 Å². The van der Waals surface area contributed by atoms with Gasteiger partial charge in [-0.2, -0.15) is 5.26 Å². The predicted molar refractivity (Wildman–Crippen MR) is 53.3 cm³/mol. The van der Waals surface area contributed by atoms with Crippen LogP contribution < -0.4 is 0 Å². The maximum Gasteiger partial charge on any atom is 0.0994 e. The summed E-state index contributed by atoms with van der Waals surface area (Å²) in [4.78, 5) is 0. The minimum Gasteiger partial charge on any atom is -0.192 e. The lowest BCUT2D eigenvalue weighted by Crippen LogP contribution is -1.91. The zero-order valence-electron chi connectivity index (χ0n) is 7.19. The fraction of sp³-hybridized carbons (Fsp3) is 0.300. The Bertz CT molecular complexity index is 336. The Balaban J connectivity index is 3.34. The summed E-state index contributed by atoms with van der Waals surface area (Å²) in [5.41, 5.74) is 4.21. The molecular formula is C10H10BrN. The predicted octanol–water partition coefficient (Wildman–Crippen LogP) is 3.07. The minimum absolute atomic E-state index is 0.782. The van der Waals surface area contributed by atoms with Crippen molar-refractivity contribution in [3.05, 3.63) is 34.4 Å². The quantitative estimate of drug-likeness (QED) is 0.672. The molecule has 0 spiro atoms. The van der Waals surface area contributed by atoms with E-state index in [0.717, 1.165) is 22.0 Å². The number of aryl methyl sites for hydroxylation is 1. The third-order valence-electron chi connectivity index (χ3n) is 1.92. The van der Waals surface area contributed by atoms with Crippen LogP contribution >= 0.6 is 15.9 Å². The van der Waals surface area contributed by atoms with Gasteiger partial charge in [-0.05, 0) is 36.6 Å². The van der Waals surface area contributed by atoms with Gasteiger partial charge in [0.05, 0.1) is 11.6 Å². The topological polar surface area (TPSA) is 23.8 Å². The number of rotatable bonds is 1. The highest BCUT2D eigenvalue weighted by Gasteiger charge is 2.03. The van der Waals surface area contributed by atoms with Crippen molar-refractivity contribution in [2.45, 2.75) is 19.2 Å². The zero-order chi connectivity index (χ0) is 9.14. The van der Waals surface area contributed by atoms with Gasteiger partial charge < -0.3 is 0 Å². The molecule has 1 rings (SSSR count). The van der Waals surface area contributed by atoms with Gasteiger partial charge >= 0.3 is 0 Å². The van der Waals surface area contributed by atoms with Crippen LogP contribution in [0.1, 0.15) is 22.3 Å². The fourth-order valence-corrected chi connectivity index (χ4v) is 1.77. The van der Waals surface area contributed by atoms with E-state index in [2.05, 4.69) is 28.1 Å². The third-order valence-corrected chi connectivity index (χ3v) is 2.53. The second-order valence-electron chi connectivity index (χ2n) is 2.84. The van der Waals surface area contributed by atoms with Crippen molar-refractivity contribution in [2.24, 2.45) is 0 Å². The first-order chi connectivity index (χ1) is 5.69. The van der Waals surface area contributed by atoms with Crippen molar-refractivity contribution in [3.63, 3.8) is 0 Å². The minimum atomic E-state index is 0.782. The maximum atomic E-state index is 8.80. The molecule has 0 atom stereocenters. The molecule has 62 valence electrons. The van der Waals surface area contributed by atoms with Crippen LogP contribution in [0, 0.1) is 25.2 Å². The molecule has 0 saturated heterocycles. The SMILES string of the molecule is Cc1cc(C#N)c(C)c(CBr)c1.